The lowest BCUT2D eigenvalue weighted by atomic mass is 9.96. The van der Waals surface area contributed by atoms with Crippen molar-refractivity contribution in [3.63, 3.8) is 0 Å². The van der Waals surface area contributed by atoms with Gasteiger partial charge in [0.2, 0.25) is 0 Å². The molecule has 0 saturated heterocycles. The second-order valence-electron chi connectivity index (χ2n) is 8.05. The smallest absolute Gasteiger partial charge is 0.339 e. The molecular weight excluding hydrogens is 438 g/mol. The summed E-state index contributed by atoms with van der Waals surface area (Å²) >= 11 is 0. The Morgan fingerprint density at radius 3 is 1.97 bits per heavy atom. The van der Waals surface area contributed by atoms with Crippen LogP contribution in [0.5, 0.6) is 0 Å². The fraction of sp³-hybridized carbons (Fsp3) is 0.0667. The molecule has 0 spiro atoms. The highest BCUT2D eigenvalue weighted by Gasteiger charge is 2.30. The van der Waals surface area contributed by atoms with Gasteiger partial charge in [-0.2, -0.15) is 0 Å². The first-order chi connectivity index (χ1) is 16.5. The number of esters is 1. The minimum atomic E-state index is -1.23. The van der Waals surface area contributed by atoms with Gasteiger partial charge >= 0.3 is 5.97 Å². The van der Waals surface area contributed by atoms with Crippen LogP contribution in [0, 0.1) is 18.9 Å². The van der Waals surface area contributed by atoms with Gasteiger partial charge in [0.05, 0.1) is 12.1 Å². The normalized spacial score (nSPS) is 12.6. The average Bonchev–Trinajstić information content (AvgIpc) is 3.23. The van der Waals surface area contributed by atoms with Crippen LogP contribution in [0.25, 0.3) is 29.9 Å². The molecule has 3 nitrogen and oxygen atoms in total. The van der Waals surface area contributed by atoms with Crippen molar-refractivity contribution >= 4 is 42.3 Å². The van der Waals surface area contributed by atoms with Crippen molar-refractivity contribution in [3.05, 3.63) is 120 Å². The molecule has 4 aromatic carbocycles. The molecule has 5 aromatic rings. The second kappa shape index (κ2) is 8.52. The molecule has 0 aliphatic rings. The van der Waals surface area contributed by atoms with Crippen molar-refractivity contribution in [1.82, 2.24) is 0 Å². The van der Waals surface area contributed by atoms with Crippen LogP contribution in [0.4, 0.5) is 5.69 Å². The Balaban J connectivity index is 1.47. The van der Waals surface area contributed by atoms with Gasteiger partial charge in [0.25, 0.3) is 0 Å². The number of fused-ring (bicyclic) bond motifs is 3. The summed E-state index contributed by atoms with van der Waals surface area (Å²) in [6.07, 6.45) is 5.75. The van der Waals surface area contributed by atoms with E-state index in [0.29, 0.717) is 16.8 Å². The number of hydrogen-bond acceptors (Lipinski definition) is 2. The van der Waals surface area contributed by atoms with E-state index in [1.165, 1.54) is 20.2 Å². The van der Waals surface area contributed by atoms with Crippen LogP contribution >= 0.6 is 10.5 Å². The fourth-order valence-corrected chi connectivity index (χ4v) is 6.48. The molecule has 4 heteroatoms. The third-order valence-electron chi connectivity index (χ3n) is 5.95. The van der Waals surface area contributed by atoms with E-state index >= 15 is 0 Å². The SMILES string of the molecule is [C-]#[N+]c1ccc(C(C)(C#C)OC(=O)c2ccc(-[s+]3c4ccccc4c4ccccc43)cc2)cc1. The molecular formula is C30H20NO2S+. The van der Waals surface area contributed by atoms with Gasteiger partial charge in [-0.05, 0) is 55.5 Å². The zero-order chi connectivity index (χ0) is 23.7. The quantitative estimate of drug-likeness (QED) is 0.118. The number of carbonyl (C=O) groups excluding carboxylic acids is 1. The van der Waals surface area contributed by atoms with Crippen LogP contribution < -0.4 is 0 Å². The Kier molecular flexibility index (Phi) is 5.38. The highest BCUT2D eigenvalue weighted by Crippen LogP contribution is 2.48. The highest BCUT2D eigenvalue weighted by atomic mass is 32.2. The fourth-order valence-electron chi connectivity index (χ4n) is 4.10. The monoisotopic (exact) mass is 458 g/mol. The third-order valence-corrected chi connectivity index (χ3v) is 8.28. The molecule has 1 heterocycles. The Morgan fingerprint density at radius 2 is 1.44 bits per heavy atom. The predicted molar refractivity (Wildman–Crippen MR) is 140 cm³/mol. The summed E-state index contributed by atoms with van der Waals surface area (Å²) in [5.41, 5.74) is 0.350. The average molecular weight is 459 g/mol. The van der Waals surface area contributed by atoms with E-state index < -0.39 is 11.6 Å². The van der Waals surface area contributed by atoms with Gasteiger partial charge in [0.15, 0.2) is 25.6 Å². The topological polar surface area (TPSA) is 30.7 Å². The lowest BCUT2D eigenvalue weighted by Gasteiger charge is -2.24. The maximum absolute atomic E-state index is 13.0. The minimum absolute atomic E-state index is 0.224. The Bertz CT molecular complexity index is 1560. The molecule has 162 valence electrons. The van der Waals surface area contributed by atoms with E-state index in [1.54, 1.807) is 43.3 Å². The van der Waals surface area contributed by atoms with Crippen LogP contribution in [0.3, 0.4) is 0 Å². The maximum Gasteiger partial charge on any atom is 0.339 e. The second-order valence-corrected chi connectivity index (χ2v) is 10.0. The molecule has 0 N–H and O–H groups in total. The molecule has 0 radical (unpaired) electrons. The minimum Gasteiger partial charge on any atom is -0.438 e. The molecule has 0 bridgehead atoms. The maximum atomic E-state index is 13.0. The van der Waals surface area contributed by atoms with Crippen LogP contribution in [0.2, 0.25) is 0 Å². The first-order valence-electron chi connectivity index (χ1n) is 10.8. The molecule has 0 amide bonds. The summed E-state index contributed by atoms with van der Waals surface area (Å²) in [5, 5.41) is 2.53. The van der Waals surface area contributed by atoms with Crippen LogP contribution in [0.1, 0.15) is 22.8 Å². The Hall–Kier alpha value is -4.38. The number of terminal acetylenes is 1. The van der Waals surface area contributed by atoms with E-state index in [9.17, 15) is 4.79 Å². The van der Waals surface area contributed by atoms with Crippen molar-refractivity contribution in [2.75, 3.05) is 0 Å². The summed E-state index contributed by atoms with van der Waals surface area (Å²) < 4.78 is 8.35. The van der Waals surface area contributed by atoms with Gasteiger partial charge in [0.1, 0.15) is 0 Å². The van der Waals surface area contributed by atoms with Crippen molar-refractivity contribution in [2.24, 2.45) is 0 Å². The first kappa shape index (κ1) is 21.5. The molecule has 1 unspecified atom stereocenters. The zero-order valence-corrected chi connectivity index (χ0v) is 19.3. The van der Waals surface area contributed by atoms with E-state index in [2.05, 4.69) is 59.3 Å². The van der Waals surface area contributed by atoms with Crippen LogP contribution in [0.15, 0.2) is 97.1 Å². The van der Waals surface area contributed by atoms with E-state index in [-0.39, 0.29) is 10.5 Å². The molecule has 0 aliphatic heterocycles. The molecule has 1 aromatic heterocycles. The third kappa shape index (κ3) is 3.61. The zero-order valence-electron chi connectivity index (χ0n) is 18.5. The van der Waals surface area contributed by atoms with Gasteiger partial charge < -0.3 is 4.74 Å². The lowest BCUT2D eigenvalue weighted by Crippen LogP contribution is -2.27. The number of ether oxygens (including phenoxy) is 1. The van der Waals surface area contributed by atoms with Gasteiger partial charge in [-0.3, -0.25) is 0 Å². The summed E-state index contributed by atoms with van der Waals surface area (Å²) in [5.74, 6) is 2.10. The van der Waals surface area contributed by atoms with Crippen molar-refractivity contribution in [2.45, 2.75) is 12.5 Å². The van der Waals surface area contributed by atoms with Gasteiger partial charge in [0, 0.05) is 26.8 Å². The summed E-state index contributed by atoms with van der Waals surface area (Å²) in [6, 6.07) is 31.3. The number of nitrogens with zero attached hydrogens (tertiary/aromatic N) is 1. The Labute approximate surface area is 201 Å². The number of benzene rings is 4. The van der Waals surface area contributed by atoms with Gasteiger partial charge in [-0.15, -0.1) is 6.42 Å². The number of carbonyl (C=O) groups is 1. The van der Waals surface area contributed by atoms with Gasteiger partial charge in [-0.1, -0.05) is 54.5 Å². The summed E-state index contributed by atoms with van der Waals surface area (Å²) in [7, 11) is -0.224. The van der Waals surface area contributed by atoms with E-state index in [1.807, 2.05) is 12.1 Å². The van der Waals surface area contributed by atoms with Crippen molar-refractivity contribution in [3.8, 4) is 17.2 Å². The molecule has 1 atom stereocenters. The highest BCUT2D eigenvalue weighted by molar-refractivity contribution is 7.50. The standard InChI is InChI=1S/C30H20NO2S/c1-4-30(2,22-15-17-23(31-3)18-16-22)33-29(32)21-13-19-24(20-14-21)34-27-11-7-5-9-25(27)26-10-6-8-12-28(26)34/h1,5-20H,2H3/q+1. The van der Waals surface area contributed by atoms with Crippen molar-refractivity contribution in [1.29, 1.82) is 0 Å². The lowest BCUT2D eigenvalue weighted by molar-refractivity contribution is 0.0129. The molecule has 0 saturated carbocycles. The largest absolute Gasteiger partial charge is 0.438 e. The molecule has 5 rings (SSSR count). The van der Waals surface area contributed by atoms with Crippen molar-refractivity contribution < 1.29 is 9.53 Å². The Morgan fingerprint density at radius 1 is 0.882 bits per heavy atom. The molecule has 0 aliphatic carbocycles. The van der Waals surface area contributed by atoms with Gasteiger partial charge in [-0.25, -0.2) is 9.64 Å². The summed E-state index contributed by atoms with van der Waals surface area (Å²) in [4.78, 5) is 17.5. The number of thiophene rings is 1. The van der Waals surface area contributed by atoms with E-state index in [4.69, 9.17) is 17.7 Å². The molecule has 0 fully saturated rings. The summed E-state index contributed by atoms with van der Waals surface area (Å²) in [6.45, 7) is 8.78. The van der Waals surface area contributed by atoms with Crippen LogP contribution in [-0.4, -0.2) is 5.97 Å². The van der Waals surface area contributed by atoms with Crippen LogP contribution in [-0.2, 0) is 10.3 Å². The number of rotatable bonds is 4. The molecule has 34 heavy (non-hydrogen) atoms. The number of hydrogen-bond donors (Lipinski definition) is 0. The van der Waals surface area contributed by atoms with E-state index in [0.717, 1.165) is 4.90 Å². The first-order valence-corrected chi connectivity index (χ1v) is 12.0. The predicted octanol–water partition coefficient (Wildman–Crippen LogP) is 7.99.